The third kappa shape index (κ3) is 4.12. The lowest BCUT2D eigenvalue weighted by Gasteiger charge is -2.08. The van der Waals surface area contributed by atoms with Gasteiger partial charge in [0, 0.05) is 23.6 Å². The van der Waals surface area contributed by atoms with E-state index in [-0.39, 0.29) is 5.91 Å². The first kappa shape index (κ1) is 16.9. The Morgan fingerprint density at radius 3 is 2.44 bits per heavy atom. The summed E-state index contributed by atoms with van der Waals surface area (Å²) in [6.45, 7) is 0.913. The molecule has 0 aliphatic rings. The fourth-order valence-electron chi connectivity index (χ4n) is 2.79. The third-order valence-corrected chi connectivity index (χ3v) is 4.19. The van der Waals surface area contributed by atoms with Crippen molar-refractivity contribution in [1.82, 2.24) is 9.88 Å². The molecule has 3 aromatic rings. The SMILES string of the molecule is COc1ccc(CCNC(=O)Cn2ccc3cc(OC)ccc32)cc1. The van der Waals surface area contributed by atoms with Crippen molar-refractivity contribution in [1.29, 1.82) is 0 Å². The zero-order valence-corrected chi connectivity index (χ0v) is 14.5. The Morgan fingerprint density at radius 1 is 1.00 bits per heavy atom. The van der Waals surface area contributed by atoms with Crippen LogP contribution in [0.1, 0.15) is 5.56 Å². The van der Waals surface area contributed by atoms with Gasteiger partial charge in [-0.3, -0.25) is 4.79 Å². The maximum Gasteiger partial charge on any atom is 0.239 e. The van der Waals surface area contributed by atoms with Crippen LogP contribution >= 0.6 is 0 Å². The molecule has 25 heavy (non-hydrogen) atoms. The van der Waals surface area contributed by atoms with Gasteiger partial charge in [0.05, 0.1) is 14.2 Å². The summed E-state index contributed by atoms with van der Waals surface area (Å²) < 4.78 is 12.3. The summed E-state index contributed by atoms with van der Waals surface area (Å²) >= 11 is 0. The molecule has 0 bridgehead atoms. The first-order chi connectivity index (χ1) is 12.2. The van der Waals surface area contributed by atoms with E-state index in [0.29, 0.717) is 13.1 Å². The van der Waals surface area contributed by atoms with Crippen molar-refractivity contribution in [2.45, 2.75) is 13.0 Å². The second-order valence-electron chi connectivity index (χ2n) is 5.82. The van der Waals surface area contributed by atoms with Crippen molar-refractivity contribution in [3.63, 3.8) is 0 Å². The predicted molar refractivity (Wildman–Crippen MR) is 98.2 cm³/mol. The van der Waals surface area contributed by atoms with Gasteiger partial charge in [0.25, 0.3) is 0 Å². The number of rotatable bonds is 7. The van der Waals surface area contributed by atoms with E-state index >= 15 is 0 Å². The lowest BCUT2D eigenvalue weighted by molar-refractivity contribution is -0.121. The van der Waals surface area contributed by atoms with Gasteiger partial charge in [-0.05, 0) is 48.4 Å². The van der Waals surface area contributed by atoms with E-state index in [1.165, 1.54) is 5.56 Å². The number of nitrogens with zero attached hydrogens (tertiary/aromatic N) is 1. The maximum absolute atomic E-state index is 12.2. The van der Waals surface area contributed by atoms with Gasteiger partial charge in [-0.25, -0.2) is 0 Å². The Kier molecular flexibility index (Phi) is 5.23. The lowest BCUT2D eigenvalue weighted by Crippen LogP contribution is -2.29. The average molecular weight is 338 g/mol. The van der Waals surface area contributed by atoms with Crippen LogP contribution < -0.4 is 14.8 Å². The summed E-state index contributed by atoms with van der Waals surface area (Å²) in [5.74, 6) is 1.65. The van der Waals surface area contributed by atoms with Crippen LogP contribution in [-0.4, -0.2) is 31.2 Å². The molecule has 1 amide bonds. The molecule has 0 aliphatic carbocycles. The maximum atomic E-state index is 12.2. The molecule has 130 valence electrons. The number of carbonyl (C=O) groups is 1. The van der Waals surface area contributed by atoms with Crippen LogP contribution in [-0.2, 0) is 17.8 Å². The zero-order chi connectivity index (χ0) is 17.6. The zero-order valence-electron chi connectivity index (χ0n) is 14.5. The molecule has 1 N–H and O–H groups in total. The van der Waals surface area contributed by atoms with E-state index in [9.17, 15) is 4.79 Å². The highest BCUT2D eigenvalue weighted by Gasteiger charge is 2.07. The molecule has 0 aliphatic heterocycles. The second kappa shape index (κ2) is 7.75. The fourth-order valence-corrected chi connectivity index (χ4v) is 2.79. The molecule has 0 saturated carbocycles. The normalized spacial score (nSPS) is 10.6. The number of hydrogen-bond donors (Lipinski definition) is 1. The molecule has 1 heterocycles. The molecule has 0 unspecified atom stereocenters. The minimum absolute atomic E-state index is 0.00169. The minimum Gasteiger partial charge on any atom is -0.497 e. The van der Waals surface area contributed by atoms with Gasteiger partial charge in [-0.1, -0.05) is 12.1 Å². The van der Waals surface area contributed by atoms with Crippen LogP contribution in [0.15, 0.2) is 54.7 Å². The summed E-state index contributed by atoms with van der Waals surface area (Å²) in [6.07, 6.45) is 2.71. The Balaban J connectivity index is 1.53. The standard InChI is InChI=1S/C20H22N2O3/c1-24-17-5-3-15(4-6-17)9-11-21-20(23)14-22-12-10-16-13-18(25-2)7-8-19(16)22/h3-8,10,12-13H,9,11,14H2,1-2H3,(H,21,23). The fraction of sp³-hybridized carbons (Fsp3) is 0.250. The van der Waals surface area contributed by atoms with Crippen molar-refractivity contribution < 1.29 is 14.3 Å². The largest absolute Gasteiger partial charge is 0.497 e. The van der Waals surface area contributed by atoms with Gasteiger partial charge >= 0.3 is 0 Å². The molecular weight excluding hydrogens is 316 g/mol. The molecule has 3 rings (SSSR count). The van der Waals surface area contributed by atoms with Crippen LogP contribution in [0, 0.1) is 0 Å². The van der Waals surface area contributed by atoms with E-state index in [4.69, 9.17) is 9.47 Å². The number of hydrogen-bond acceptors (Lipinski definition) is 3. The van der Waals surface area contributed by atoms with Gasteiger partial charge in [-0.15, -0.1) is 0 Å². The Hall–Kier alpha value is -2.95. The molecule has 5 nitrogen and oxygen atoms in total. The highest BCUT2D eigenvalue weighted by Crippen LogP contribution is 2.21. The van der Waals surface area contributed by atoms with Crippen molar-refractivity contribution in [3.05, 3.63) is 60.3 Å². The third-order valence-electron chi connectivity index (χ3n) is 4.19. The van der Waals surface area contributed by atoms with E-state index < -0.39 is 0 Å². The Morgan fingerprint density at radius 2 is 1.72 bits per heavy atom. The van der Waals surface area contributed by atoms with Crippen LogP contribution in [0.5, 0.6) is 11.5 Å². The van der Waals surface area contributed by atoms with Crippen molar-refractivity contribution in [2.24, 2.45) is 0 Å². The molecule has 2 aromatic carbocycles. The molecule has 0 spiro atoms. The first-order valence-electron chi connectivity index (χ1n) is 8.22. The highest BCUT2D eigenvalue weighted by atomic mass is 16.5. The van der Waals surface area contributed by atoms with Crippen molar-refractivity contribution >= 4 is 16.8 Å². The second-order valence-corrected chi connectivity index (χ2v) is 5.82. The summed E-state index contributed by atoms with van der Waals surface area (Å²) in [7, 11) is 3.30. The van der Waals surface area contributed by atoms with Crippen LogP contribution in [0.3, 0.4) is 0 Å². The molecule has 0 saturated heterocycles. The van der Waals surface area contributed by atoms with Gasteiger partial charge in [0.15, 0.2) is 0 Å². The Bertz CT molecular complexity index is 853. The average Bonchev–Trinajstić information content (AvgIpc) is 3.04. The van der Waals surface area contributed by atoms with Crippen LogP contribution in [0.25, 0.3) is 10.9 Å². The summed E-state index contributed by atoms with van der Waals surface area (Å²) in [6, 6.07) is 15.7. The predicted octanol–water partition coefficient (Wildman–Crippen LogP) is 3.02. The van der Waals surface area contributed by atoms with E-state index in [0.717, 1.165) is 28.8 Å². The van der Waals surface area contributed by atoms with Gasteiger partial charge < -0.3 is 19.4 Å². The molecule has 5 heteroatoms. The van der Waals surface area contributed by atoms with Gasteiger partial charge in [0.1, 0.15) is 18.0 Å². The number of ether oxygens (including phenoxy) is 2. The molecule has 0 atom stereocenters. The quantitative estimate of drug-likeness (QED) is 0.720. The molecule has 1 aromatic heterocycles. The number of aromatic nitrogens is 1. The highest BCUT2D eigenvalue weighted by molar-refractivity contribution is 5.84. The van der Waals surface area contributed by atoms with Crippen LogP contribution in [0.2, 0.25) is 0 Å². The number of nitrogens with one attached hydrogen (secondary N) is 1. The van der Waals surface area contributed by atoms with Gasteiger partial charge in [0.2, 0.25) is 5.91 Å². The number of amides is 1. The van der Waals surface area contributed by atoms with Crippen molar-refractivity contribution in [3.8, 4) is 11.5 Å². The minimum atomic E-state index is 0.00169. The van der Waals surface area contributed by atoms with E-state index in [1.54, 1.807) is 14.2 Å². The smallest absolute Gasteiger partial charge is 0.239 e. The number of benzene rings is 2. The summed E-state index contributed by atoms with van der Waals surface area (Å²) in [4.78, 5) is 12.2. The summed E-state index contributed by atoms with van der Waals surface area (Å²) in [5, 5.41) is 4.03. The van der Waals surface area contributed by atoms with Crippen LogP contribution in [0.4, 0.5) is 0 Å². The summed E-state index contributed by atoms with van der Waals surface area (Å²) in [5.41, 5.74) is 2.19. The molecule has 0 radical (unpaired) electrons. The van der Waals surface area contributed by atoms with E-state index in [2.05, 4.69) is 5.32 Å². The number of methoxy groups -OCH3 is 2. The number of fused-ring (bicyclic) bond motifs is 1. The van der Waals surface area contributed by atoms with Gasteiger partial charge in [-0.2, -0.15) is 0 Å². The topological polar surface area (TPSA) is 52.5 Å². The molecular formula is C20H22N2O3. The monoisotopic (exact) mass is 338 g/mol. The van der Waals surface area contributed by atoms with Crippen molar-refractivity contribution in [2.75, 3.05) is 20.8 Å². The molecule has 0 fully saturated rings. The Labute approximate surface area is 147 Å². The first-order valence-corrected chi connectivity index (χ1v) is 8.22. The lowest BCUT2D eigenvalue weighted by atomic mass is 10.1. The number of carbonyl (C=O) groups excluding carboxylic acids is 1. The van der Waals surface area contributed by atoms with E-state index in [1.807, 2.05) is 59.3 Å².